The first-order chi connectivity index (χ1) is 54.5. The molecule has 20 rings (SSSR count). The number of aryl methyl sites for hydroxylation is 2. The number of piperidine rings is 4. The van der Waals surface area contributed by atoms with Gasteiger partial charge in [0.1, 0.15) is 54.2 Å². The summed E-state index contributed by atoms with van der Waals surface area (Å²) >= 11 is 3.30. The van der Waals surface area contributed by atoms with Crippen LogP contribution in [0, 0.1) is 13.8 Å². The second kappa shape index (κ2) is 36.8. The number of nitrogens with two attached hydrogens (primary N) is 1. The number of amides is 4. The number of nitrogens with zero attached hydrogens (tertiary/aromatic N) is 5. The van der Waals surface area contributed by atoms with E-state index in [-0.39, 0.29) is 99.7 Å². The van der Waals surface area contributed by atoms with E-state index in [1.807, 2.05) is 123 Å². The molecule has 2 aromatic heterocycles. The quantitative estimate of drug-likeness (QED) is 0.0791. The van der Waals surface area contributed by atoms with Crippen LogP contribution < -0.4 is 90.2 Å². The number of aromatic nitrogens is 2. The van der Waals surface area contributed by atoms with Crippen LogP contribution in [0.4, 0.5) is 39.8 Å². The van der Waals surface area contributed by atoms with E-state index in [0.29, 0.717) is 69.1 Å². The van der Waals surface area contributed by atoms with Crippen LogP contribution in [0.1, 0.15) is 62.8 Å². The number of benzene rings is 6. The number of Topliss-reactive ketones (excluding diaryl/α,β-unsaturated/α-hetero) is 1. The number of pyridine rings is 2. The predicted molar refractivity (Wildman–Crippen MR) is 434 cm³/mol. The summed E-state index contributed by atoms with van der Waals surface area (Å²) in [6.07, 6.45) is 6.91. The first kappa shape index (κ1) is 80.2. The van der Waals surface area contributed by atoms with Crippen molar-refractivity contribution in [2.75, 3.05) is 167 Å². The first-order valence-corrected chi connectivity index (χ1v) is 39.1. The molecule has 12 aliphatic rings. The van der Waals surface area contributed by atoms with Gasteiger partial charge in [-0.25, -0.2) is 0 Å². The molecule has 14 heterocycles. The molecule has 0 aliphatic carbocycles. The normalized spacial score (nSPS) is 20.5. The summed E-state index contributed by atoms with van der Waals surface area (Å²) in [5, 5.41) is 20.2. The third-order valence-corrected chi connectivity index (χ3v) is 21.5. The van der Waals surface area contributed by atoms with Gasteiger partial charge in [-0.1, -0.05) is 15.9 Å². The van der Waals surface area contributed by atoms with Crippen molar-refractivity contribution in [3.05, 3.63) is 137 Å². The summed E-state index contributed by atoms with van der Waals surface area (Å²) in [5.74, 6) is 5.31. The first-order valence-electron chi connectivity index (χ1n) is 38.3. The summed E-state index contributed by atoms with van der Waals surface area (Å²) < 4.78 is 68.6. The van der Waals surface area contributed by atoms with Gasteiger partial charge in [0.05, 0.1) is 60.2 Å². The Morgan fingerprint density at radius 2 is 0.867 bits per heavy atom. The number of hydrogen-bond acceptors (Lipinski definition) is 25. The van der Waals surface area contributed by atoms with Crippen molar-refractivity contribution in [1.29, 1.82) is 0 Å². The van der Waals surface area contributed by atoms with Crippen molar-refractivity contribution in [3.8, 4) is 46.0 Å². The summed E-state index contributed by atoms with van der Waals surface area (Å²) in [6, 6.07) is 39.4. The van der Waals surface area contributed by atoms with Crippen LogP contribution in [0.3, 0.4) is 0 Å². The number of anilines is 7. The van der Waals surface area contributed by atoms with E-state index in [9.17, 15) is 24.0 Å². The number of ketones is 1. The Balaban J connectivity index is 0.000000117. The van der Waals surface area contributed by atoms with E-state index in [1.165, 1.54) is 0 Å². The van der Waals surface area contributed by atoms with Crippen molar-refractivity contribution in [2.24, 2.45) is 5.73 Å². The molecule has 596 valence electrons. The Bertz CT molecular complexity index is 4750. The summed E-state index contributed by atoms with van der Waals surface area (Å²) in [7, 11) is 0. The second-order valence-corrected chi connectivity index (χ2v) is 29.8. The van der Waals surface area contributed by atoms with Crippen LogP contribution in [0.2, 0.25) is 0 Å². The van der Waals surface area contributed by atoms with E-state index in [4.69, 9.17) is 62.6 Å². The number of carbonyl (C=O) groups is 5. The molecule has 6 fully saturated rings. The fraction of sp³-hybridized carbons (Fsp3) is 0.427. The van der Waals surface area contributed by atoms with Gasteiger partial charge in [-0.15, -0.1) is 0 Å². The molecule has 6 aromatic carbocycles. The molecule has 2 atom stereocenters. The Morgan fingerprint density at radius 1 is 0.469 bits per heavy atom. The van der Waals surface area contributed by atoms with E-state index < -0.39 is 0 Å². The molecule has 2 spiro atoms. The molecule has 12 aliphatic heterocycles. The van der Waals surface area contributed by atoms with Crippen LogP contribution in [0.5, 0.6) is 46.0 Å². The zero-order valence-corrected chi connectivity index (χ0v) is 64.3. The van der Waals surface area contributed by atoms with Gasteiger partial charge in [0.2, 0.25) is 0 Å². The number of nitrogens with one attached hydrogen (secondary N) is 6. The Morgan fingerprint density at radius 3 is 1.33 bits per heavy atom. The number of ether oxygens (including phenoxy) is 12. The SMILES string of the molecule is C1CC2(CCN1)OCCO2.Cc1ccc2c3c(ccc2n1)OC[C@H](CN)O3.Cc1ccc2c3c(ccc2n1)OC[C@H](CNC1CCN(c2ccc4c(c2)NC(=O)CO4)CC1)O3.O=C1CCN(c2ccc3c(c2)NC(=O)CO3)CC1.O=C1COc2ccc(Br)cc2N1.O=C1COc2ccc(N3CCC4(CC3)OCCO4)cc2N1.[InH3]. The monoisotopic (exact) mass is 1710 g/mol. The van der Waals surface area contributed by atoms with Crippen molar-refractivity contribution in [1.82, 2.24) is 20.6 Å². The van der Waals surface area contributed by atoms with Gasteiger partial charge in [-0.3, -0.25) is 33.9 Å². The molecule has 0 radical (unpaired) electrons. The van der Waals surface area contributed by atoms with Crippen molar-refractivity contribution in [3.63, 3.8) is 0 Å². The minimum absolute atomic E-state index is 0. The fourth-order valence-electron chi connectivity index (χ4n) is 15.0. The van der Waals surface area contributed by atoms with Gasteiger partial charge in [0.15, 0.2) is 61.0 Å². The maximum absolute atomic E-state index is 11.6. The Hall–Kier alpha value is -9.44. The summed E-state index contributed by atoms with van der Waals surface area (Å²) in [4.78, 5) is 72.3. The molecular formula is C82H96BrInN12O17. The zero-order chi connectivity index (χ0) is 77.1. The Kier molecular flexibility index (Phi) is 26.1. The molecule has 0 unspecified atom stereocenters. The van der Waals surface area contributed by atoms with Gasteiger partial charge >= 0.3 is 25.8 Å². The number of halogens is 1. The predicted octanol–water partition coefficient (Wildman–Crippen LogP) is 8.17. The number of carbonyl (C=O) groups excluding carboxylic acids is 5. The molecular weight excluding hydrogens is 1620 g/mol. The zero-order valence-electron chi connectivity index (χ0n) is 62.7. The van der Waals surface area contributed by atoms with E-state index >= 15 is 0 Å². The number of fused-ring (bicyclic) bond motifs is 10. The molecule has 29 nitrogen and oxygen atoms in total. The van der Waals surface area contributed by atoms with E-state index in [1.54, 1.807) is 0 Å². The standard InChI is InChI=1S/C26H28N4O4.C15H18N2O4.C13H14N2O3.C13H14N2O2.C8H6BrNO2.C7H13NO2.In.3H/c1-16-2-4-20-21(28-16)5-7-24-26(20)34-19(14-32-24)13-27-17-8-10-30(11-9-17)18-3-6-23-22(12-18)29-25(31)15-33-23;18-14-10-19-13-2-1-11(9-12(13)16-14)17-5-3-15(4-6-17)20-7-8-21-15;16-10-3-5-15(6-4-10)9-1-2-12-11(7-9)14-13(17)8-18-12;1-8-2-3-10-11(15-8)4-5-12-13(10)17-9(6-14)7-16-12;9-5-1-2-7-6(3-5)10-8(11)4-12-7;1-3-8-4-2-7(1)9-5-6-10-7;;;;/h2-7,12,17,19,27H,8-11,13-15H2,1H3,(H,29,31);1-2,9H,3-8,10H2,(H,16,18);1-2,7H,3-6,8H2,(H,14,17);2-5,9H,6-7,14H2,1H3;1-3H,4H2,(H,10,11);8H,1-6H2;;;;/t19-;;;9-;;;;;;/m0..0....../s1. The third-order valence-electron chi connectivity index (χ3n) is 21.0. The van der Waals surface area contributed by atoms with E-state index in [0.717, 1.165) is 223 Å². The molecule has 6 saturated heterocycles. The van der Waals surface area contributed by atoms with Crippen LogP contribution in [-0.4, -0.2) is 227 Å². The fourth-order valence-corrected chi connectivity index (χ4v) is 15.3. The molecule has 31 heteroatoms. The van der Waals surface area contributed by atoms with Gasteiger partial charge in [0, 0.05) is 154 Å². The van der Waals surface area contributed by atoms with Crippen molar-refractivity contribution in [2.45, 2.75) is 95.0 Å². The van der Waals surface area contributed by atoms with Crippen LogP contribution in [0.15, 0.2) is 126 Å². The molecule has 4 amide bonds. The molecule has 0 bridgehead atoms. The molecule has 0 saturated carbocycles. The van der Waals surface area contributed by atoms with Crippen LogP contribution in [0.25, 0.3) is 21.8 Å². The van der Waals surface area contributed by atoms with Gasteiger partial charge in [0.25, 0.3) is 23.6 Å². The molecule has 8 N–H and O–H groups in total. The van der Waals surface area contributed by atoms with Gasteiger partial charge in [-0.2, -0.15) is 0 Å². The topological polar surface area (TPSA) is 330 Å². The van der Waals surface area contributed by atoms with Crippen molar-refractivity contribution >= 4 is 133 Å². The molecule has 8 aromatic rings. The third kappa shape index (κ3) is 20.0. The van der Waals surface area contributed by atoms with E-state index in [2.05, 4.69) is 84.6 Å². The van der Waals surface area contributed by atoms with Crippen LogP contribution in [-0.2, 0) is 42.9 Å². The average Bonchev–Trinajstić information content (AvgIpc) is 1.70. The summed E-state index contributed by atoms with van der Waals surface area (Å²) in [5.41, 5.74) is 15.6. The maximum atomic E-state index is 11.6. The van der Waals surface area contributed by atoms with Gasteiger partial charge < -0.3 is 109 Å². The molecule has 113 heavy (non-hydrogen) atoms. The van der Waals surface area contributed by atoms with Gasteiger partial charge in [-0.05, 0) is 148 Å². The van der Waals surface area contributed by atoms with Crippen molar-refractivity contribution < 1.29 is 80.8 Å². The average molecular weight is 1720 g/mol. The Labute approximate surface area is 681 Å². The second-order valence-electron chi connectivity index (χ2n) is 28.8. The number of rotatable bonds is 7. The summed E-state index contributed by atoms with van der Waals surface area (Å²) in [6.45, 7) is 16.7. The minimum atomic E-state index is -0.359. The number of hydrogen-bond donors (Lipinski definition) is 7. The van der Waals surface area contributed by atoms with Crippen LogP contribution >= 0.6 is 15.9 Å².